The highest BCUT2D eigenvalue weighted by molar-refractivity contribution is 5.97. The first-order valence-electron chi connectivity index (χ1n) is 13.0. The molecule has 0 radical (unpaired) electrons. The minimum absolute atomic E-state index is 0.341. The third-order valence-electron chi connectivity index (χ3n) is 7.55. The molecule has 6 heteroatoms. The molecule has 1 N–H and O–H groups in total. The van der Waals surface area contributed by atoms with Gasteiger partial charge >= 0.3 is 5.97 Å². The topological polar surface area (TPSA) is 60.0 Å². The van der Waals surface area contributed by atoms with Gasteiger partial charge in [-0.25, -0.2) is 4.79 Å². The zero-order chi connectivity index (χ0) is 26.4. The molecular weight excluding hydrogens is 476 g/mol. The number of rotatable bonds is 6. The molecule has 192 valence electrons. The Morgan fingerprint density at radius 3 is 2.37 bits per heavy atom. The van der Waals surface area contributed by atoms with E-state index in [1.807, 2.05) is 73.7 Å². The van der Waals surface area contributed by atoms with Gasteiger partial charge in [-0.1, -0.05) is 30.3 Å². The molecule has 0 saturated carbocycles. The fourth-order valence-electron chi connectivity index (χ4n) is 5.62. The normalized spacial score (nSPS) is 16.7. The third-order valence-corrected chi connectivity index (χ3v) is 7.55. The number of para-hydroxylation sites is 2. The highest BCUT2D eigenvalue weighted by atomic mass is 16.6. The molecule has 2 aliphatic heterocycles. The van der Waals surface area contributed by atoms with E-state index in [1.54, 1.807) is 7.11 Å². The van der Waals surface area contributed by atoms with E-state index in [0.29, 0.717) is 17.1 Å². The van der Waals surface area contributed by atoms with Crippen molar-refractivity contribution in [2.24, 2.45) is 0 Å². The summed E-state index contributed by atoms with van der Waals surface area (Å²) >= 11 is 0. The SMILES string of the molecule is CCN(CC)c1ccc2c(c1)Oc1cc(C)c(Nc3ccccc3OC)cc1C21OC(=O)c2ccccc21. The lowest BCUT2D eigenvalue weighted by atomic mass is 9.77. The molecule has 4 aromatic carbocycles. The summed E-state index contributed by atoms with van der Waals surface area (Å²) in [4.78, 5) is 15.5. The maximum atomic E-state index is 13.2. The van der Waals surface area contributed by atoms with Crippen LogP contribution >= 0.6 is 0 Å². The minimum atomic E-state index is -1.12. The molecule has 0 fully saturated rings. The van der Waals surface area contributed by atoms with E-state index in [-0.39, 0.29) is 5.97 Å². The molecule has 0 bridgehead atoms. The largest absolute Gasteiger partial charge is 0.495 e. The molecule has 2 heterocycles. The van der Waals surface area contributed by atoms with Crippen LogP contribution in [0.1, 0.15) is 46.5 Å². The van der Waals surface area contributed by atoms with Crippen molar-refractivity contribution in [2.75, 3.05) is 30.4 Å². The Morgan fingerprint density at radius 2 is 1.58 bits per heavy atom. The van der Waals surface area contributed by atoms with Gasteiger partial charge in [0.05, 0.1) is 18.4 Å². The van der Waals surface area contributed by atoms with Crippen molar-refractivity contribution < 1.29 is 19.0 Å². The van der Waals surface area contributed by atoms with Gasteiger partial charge in [-0.15, -0.1) is 0 Å². The molecule has 2 aliphatic rings. The number of hydrogen-bond acceptors (Lipinski definition) is 6. The fourth-order valence-corrected chi connectivity index (χ4v) is 5.62. The molecule has 6 rings (SSSR count). The number of hydrogen-bond donors (Lipinski definition) is 1. The average Bonchev–Trinajstić information content (AvgIpc) is 3.23. The van der Waals surface area contributed by atoms with Crippen LogP contribution in [0, 0.1) is 6.92 Å². The van der Waals surface area contributed by atoms with E-state index in [9.17, 15) is 4.79 Å². The summed E-state index contributed by atoms with van der Waals surface area (Å²) in [6.45, 7) is 8.06. The van der Waals surface area contributed by atoms with Gasteiger partial charge in [-0.2, -0.15) is 0 Å². The van der Waals surface area contributed by atoms with Gasteiger partial charge < -0.3 is 24.4 Å². The predicted octanol–water partition coefficient (Wildman–Crippen LogP) is 7.16. The molecule has 0 aromatic heterocycles. The van der Waals surface area contributed by atoms with Gasteiger partial charge in [0.1, 0.15) is 17.2 Å². The fraction of sp³-hybridized carbons (Fsp3) is 0.219. The lowest BCUT2D eigenvalue weighted by Gasteiger charge is -2.37. The molecular formula is C32H30N2O4. The molecule has 38 heavy (non-hydrogen) atoms. The standard InChI is InChI=1S/C32H30N2O4/c1-5-34(6-2)21-15-16-24-30(18-21)37-29-17-20(3)27(33-26-13-9-10-14-28(26)36-4)19-25(29)32(24)23-12-8-7-11-22(23)31(35)38-32/h7-19,33H,5-6H2,1-4H3. The number of carbonyl (C=O) groups excluding carboxylic acids is 1. The quantitative estimate of drug-likeness (QED) is 0.280. The van der Waals surface area contributed by atoms with E-state index in [0.717, 1.165) is 58.2 Å². The lowest BCUT2D eigenvalue weighted by Crippen LogP contribution is -2.33. The lowest BCUT2D eigenvalue weighted by molar-refractivity contribution is 0.0224. The van der Waals surface area contributed by atoms with Crippen molar-refractivity contribution in [3.63, 3.8) is 0 Å². The highest BCUT2D eigenvalue weighted by Crippen LogP contribution is 2.57. The number of esters is 1. The number of benzene rings is 4. The van der Waals surface area contributed by atoms with E-state index >= 15 is 0 Å². The van der Waals surface area contributed by atoms with Crippen molar-refractivity contribution in [2.45, 2.75) is 26.4 Å². The molecule has 0 amide bonds. The van der Waals surface area contributed by atoms with Gasteiger partial charge in [-0.05, 0) is 68.8 Å². The summed E-state index contributed by atoms with van der Waals surface area (Å²) in [5.41, 5.74) is 5.63. The predicted molar refractivity (Wildman–Crippen MR) is 149 cm³/mol. The summed E-state index contributed by atoms with van der Waals surface area (Å²) in [5, 5.41) is 3.52. The van der Waals surface area contributed by atoms with Crippen molar-refractivity contribution in [3.8, 4) is 17.2 Å². The van der Waals surface area contributed by atoms with Crippen molar-refractivity contribution >= 4 is 23.0 Å². The summed E-state index contributed by atoms with van der Waals surface area (Å²) < 4.78 is 18.5. The molecule has 4 aromatic rings. The van der Waals surface area contributed by atoms with Crippen LogP contribution in [-0.4, -0.2) is 26.2 Å². The summed E-state index contributed by atoms with van der Waals surface area (Å²) in [5.74, 6) is 1.76. The number of nitrogens with zero attached hydrogens (tertiary/aromatic N) is 1. The molecule has 6 nitrogen and oxygen atoms in total. The Labute approximate surface area is 222 Å². The van der Waals surface area contributed by atoms with Crippen LogP contribution in [0.3, 0.4) is 0 Å². The Morgan fingerprint density at radius 1 is 0.842 bits per heavy atom. The highest BCUT2D eigenvalue weighted by Gasteiger charge is 2.53. The maximum absolute atomic E-state index is 13.2. The minimum Gasteiger partial charge on any atom is -0.495 e. The zero-order valence-corrected chi connectivity index (χ0v) is 22.0. The molecule has 0 aliphatic carbocycles. The van der Waals surface area contributed by atoms with E-state index in [1.165, 1.54) is 0 Å². The van der Waals surface area contributed by atoms with Crippen LogP contribution in [0.4, 0.5) is 17.1 Å². The van der Waals surface area contributed by atoms with Crippen molar-refractivity contribution in [1.82, 2.24) is 0 Å². The Hall–Kier alpha value is -4.45. The van der Waals surface area contributed by atoms with E-state index in [4.69, 9.17) is 14.2 Å². The van der Waals surface area contributed by atoms with Crippen LogP contribution in [0.5, 0.6) is 17.2 Å². The number of methoxy groups -OCH3 is 1. The van der Waals surface area contributed by atoms with Crippen molar-refractivity contribution in [3.05, 3.63) is 107 Å². The van der Waals surface area contributed by atoms with Crippen LogP contribution < -0.4 is 19.7 Å². The van der Waals surface area contributed by atoms with Gasteiger partial charge in [0.25, 0.3) is 0 Å². The van der Waals surface area contributed by atoms with E-state index < -0.39 is 5.60 Å². The maximum Gasteiger partial charge on any atom is 0.340 e. The number of aryl methyl sites for hydroxylation is 1. The van der Waals surface area contributed by atoms with Crippen LogP contribution in [0.2, 0.25) is 0 Å². The molecule has 1 atom stereocenters. The number of fused-ring (bicyclic) bond motifs is 6. The van der Waals surface area contributed by atoms with Crippen molar-refractivity contribution in [1.29, 1.82) is 0 Å². The first-order valence-corrected chi connectivity index (χ1v) is 13.0. The average molecular weight is 507 g/mol. The first kappa shape index (κ1) is 23.9. The summed E-state index contributed by atoms with van der Waals surface area (Å²) in [6, 6.07) is 25.6. The number of carbonyl (C=O) groups is 1. The Bertz CT molecular complexity index is 1560. The van der Waals surface area contributed by atoms with Gasteiger partial charge in [0.15, 0.2) is 5.60 Å². The number of nitrogens with one attached hydrogen (secondary N) is 1. The van der Waals surface area contributed by atoms with E-state index in [2.05, 4.69) is 36.2 Å². The summed E-state index contributed by atoms with van der Waals surface area (Å²) in [7, 11) is 1.65. The first-order chi connectivity index (χ1) is 18.5. The van der Waals surface area contributed by atoms with Crippen LogP contribution in [0.15, 0.2) is 78.9 Å². The summed E-state index contributed by atoms with van der Waals surface area (Å²) in [6.07, 6.45) is 0. The zero-order valence-electron chi connectivity index (χ0n) is 22.0. The van der Waals surface area contributed by atoms with Crippen LogP contribution in [0.25, 0.3) is 0 Å². The molecule has 1 unspecified atom stereocenters. The Balaban J connectivity index is 1.57. The monoisotopic (exact) mass is 506 g/mol. The van der Waals surface area contributed by atoms with Gasteiger partial charge in [-0.3, -0.25) is 0 Å². The molecule has 0 saturated heterocycles. The van der Waals surface area contributed by atoms with Gasteiger partial charge in [0, 0.05) is 47.2 Å². The second-order valence-electron chi connectivity index (χ2n) is 9.56. The van der Waals surface area contributed by atoms with Gasteiger partial charge in [0.2, 0.25) is 0 Å². The van der Waals surface area contributed by atoms with Crippen LogP contribution in [-0.2, 0) is 10.3 Å². The number of anilines is 3. The second-order valence-corrected chi connectivity index (χ2v) is 9.56. The third kappa shape index (κ3) is 3.51. The second kappa shape index (κ2) is 9.14. The smallest absolute Gasteiger partial charge is 0.340 e. The Kier molecular flexibility index (Phi) is 5.75. The number of ether oxygens (including phenoxy) is 3. The molecule has 1 spiro atoms.